The van der Waals surface area contributed by atoms with Crippen LogP contribution in [0.15, 0.2) is 27.1 Å². The average molecular weight is 280 g/mol. The standard InChI is InChI=1S/C8H8Br2O/c1-5(11)6-2-3-7(9)8(10)4-6/h2-5,11H,1H3. The van der Waals surface area contributed by atoms with Crippen LogP contribution in [0.3, 0.4) is 0 Å². The molecule has 1 aromatic carbocycles. The summed E-state index contributed by atoms with van der Waals surface area (Å²) < 4.78 is 1.97. The summed E-state index contributed by atoms with van der Waals surface area (Å²) in [5, 5.41) is 9.20. The maximum atomic E-state index is 9.20. The van der Waals surface area contributed by atoms with Crippen LogP contribution in [-0.2, 0) is 0 Å². The highest BCUT2D eigenvalue weighted by molar-refractivity contribution is 9.13. The molecule has 60 valence electrons. The van der Waals surface area contributed by atoms with Gasteiger partial charge in [0, 0.05) is 8.95 Å². The minimum absolute atomic E-state index is 0.403. The minimum Gasteiger partial charge on any atom is -0.389 e. The molecule has 0 saturated carbocycles. The van der Waals surface area contributed by atoms with Crippen molar-refractivity contribution in [2.45, 2.75) is 13.0 Å². The zero-order valence-electron chi connectivity index (χ0n) is 6.01. The number of halogens is 2. The Morgan fingerprint density at radius 2 is 1.91 bits per heavy atom. The summed E-state index contributed by atoms with van der Waals surface area (Å²) in [6, 6.07) is 5.69. The van der Waals surface area contributed by atoms with Crippen molar-refractivity contribution in [2.75, 3.05) is 0 Å². The van der Waals surface area contributed by atoms with Gasteiger partial charge in [0.1, 0.15) is 0 Å². The molecule has 0 aliphatic heterocycles. The Kier molecular flexibility index (Phi) is 3.10. The second-order valence-corrected chi connectivity index (χ2v) is 4.06. The lowest BCUT2D eigenvalue weighted by Gasteiger charge is -2.05. The van der Waals surface area contributed by atoms with Gasteiger partial charge in [-0.3, -0.25) is 0 Å². The van der Waals surface area contributed by atoms with Crippen molar-refractivity contribution in [3.63, 3.8) is 0 Å². The van der Waals surface area contributed by atoms with Crippen LogP contribution >= 0.6 is 31.9 Å². The normalized spacial score (nSPS) is 13.1. The van der Waals surface area contributed by atoms with E-state index in [0.29, 0.717) is 0 Å². The quantitative estimate of drug-likeness (QED) is 0.837. The third-order valence-electron chi connectivity index (χ3n) is 1.43. The number of hydrogen-bond acceptors (Lipinski definition) is 1. The summed E-state index contributed by atoms with van der Waals surface area (Å²) in [5.74, 6) is 0. The van der Waals surface area contributed by atoms with Crippen molar-refractivity contribution in [3.8, 4) is 0 Å². The third kappa shape index (κ3) is 2.29. The monoisotopic (exact) mass is 278 g/mol. The van der Waals surface area contributed by atoms with Crippen LogP contribution in [0.1, 0.15) is 18.6 Å². The number of hydrogen-bond donors (Lipinski definition) is 1. The average Bonchev–Trinajstić information content (AvgIpc) is 1.94. The number of rotatable bonds is 1. The summed E-state index contributed by atoms with van der Waals surface area (Å²) >= 11 is 6.71. The van der Waals surface area contributed by atoms with Gasteiger partial charge in [0.05, 0.1) is 6.10 Å². The molecule has 0 spiro atoms. The summed E-state index contributed by atoms with van der Waals surface area (Å²) in [4.78, 5) is 0. The maximum absolute atomic E-state index is 9.20. The highest BCUT2D eigenvalue weighted by Gasteiger charge is 2.02. The molecule has 1 aromatic rings. The fraction of sp³-hybridized carbons (Fsp3) is 0.250. The molecule has 1 rings (SSSR count). The van der Waals surface area contributed by atoms with Crippen molar-refractivity contribution in [3.05, 3.63) is 32.7 Å². The Labute approximate surface area is 82.7 Å². The van der Waals surface area contributed by atoms with E-state index in [1.807, 2.05) is 18.2 Å². The van der Waals surface area contributed by atoms with E-state index in [4.69, 9.17) is 0 Å². The van der Waals surface area contributed by atoms with E-state index in [9.17, 15) is 5.11 Å². The Morgan fingerprint density at radius 3 is 2.36 bits per heavy atom. The van der Waals surface area contributed by atoms with Crippen molar-refractivity contribution in [2.24, 2.45) is 0 Å². The van der Waals surface area contributed by atoms with E-state index >= 15 is 0 Å². The molecule has 0 radical (unpaired) electrons. The maximum Gasteiger partial charge on any atom is 0.0762 e. The van der Waals surface area contributed by atoms with E-state index in [0.717, 1.165) is 14.5 Å². The van der Waals surface area contributed by atoms with Crippen LogP contribution in [0.25, 0.3) is 0 Å². The molecule has 1 atom stereocenters. The second kappa shape index (κ2) is 3.70. The predicted molar refractivity (Wildman–Crippen MR) is 52.5 cm³/mol. The van der Waals surface area contributed by atoms with Gasteiger partial charge in [-0.25, -0.2) is 0 Å². The van der Waals surface area contributed by atoms with Crippen molar-refractivity contribution in [1.82, 2.24) is 0 Å². The van der Waals surface area contributed by atoms with E-state index in [1.165, 1.54) is 0 Å². The molecule has 0 saturated heterocycles. The van der Waals surface area contributed by atoms with Gasteiger partial charge >= 0.3 is 0 Å². The molecule has 0 bridgehead atoms. The zero-order valence-corrected chi connectivity index (χ0v) is 9.18. The smallest absolute Gasteiger partial charge is 0.0762 e. The van der Waals surface area contributed by atoms with Crippen LogP contribution in [0, 0.1) is 0 Å². The first-order chi connectivity index (χ1) is 5.11. The third-order valence-corrected chi connectivity index (χ3v) is 3.31. The molecule has 1 unspecified atom stereocenters. The van der Waals surface area contributed by atoms with E-state index in [1.54, 1.807) is 6.92 Å². The van der Waals surface area contributed by atoms with Crippen LogP contribution < -0.4 is 0 Å². The van der Waals surface area contributed by atoms with Crippen LogP contribution in [-0.4, -0.2) is 5.11 Å². The highest BCUT2D eigenvalue weighted by Crippen LogP contribution is 2.26. The molecule has 0 heterocycles. The first-order valence-electron chi connectivity index (χ1n) is 3.24. The Morgan fingerprint density at radius 1 is 1.27 bits per heavy atom. The van der Waals surface area contributed by atoms with Crippen molar-refractivity contribution < 1.29 is 5.11 Å². The first-order valence-corrected chi connectivity index (χ1v) is 4.83. The molecule has 0 aliphatic rings. The van der Waals surface area contributed by atoms with Crippen molar-refractivity contribution in [1.29, 1.82) is 0 Å². The van der Waals surface area contributed by atoms with Gasteiger partial charge in [0.2, 0.25) is 0 Å². The van der Waals surface area contributed by atoms with Crippen LogP contribution in [0.2, 0.25) is 0 Å². The van der Waals surface area contributed by atoms with Gasteiger partial charge in [-0.2, -0.15) is 0 Å². The van der Waals surface area contributed by atoms with Gasteiger partial charge in [0.15, 0.2) is 0 Å². The van der Waals surface area contributed by atoms with Crippen LogP contribution in [0.4, 0.5) is 0 Å². The lowest BCUT2D eigenvalue weighted by atomic mass is 10.1. The molecular weight excluding hydrogens is 272 g/mol. The molecule has 0 aromatic heterocycles. The van der Waals surface area contributed by atoms with Crippen LogP contribution in [0.5, 0.6) is 0 Å². The summed E-state index contributed by atoms with van der Waals surface area (Å²) in [5.41, 5.74) is 0.917. The van der Waals surface area contributed by atoms with E-state index in [2.05, 4.69) is 31.9 Å². The molecule has 3 heteroatoms. The summed E-state index contributed by atoms with van der Waals surface area (Å²) in [7, 11) is 0. The highest BCUT2D eigenvalue weighted by atomic mass is 79.9. The molecule has 11 heavy (non-hydrogen) atoms. The van der Waals surface area contributed by atoms with E-state index < -0.39 is 6.10 Å². The SMILES string of the molecule is CC(O)c1ccc(Br)c(Br)c1. The van der Waals surface area contributed by atoms with Gasteiger partial charge in [0.25, 0.3) is 0 Å². The van der Waals surface area contributed by atoms with Gasteiger partial charge in [-0.1, -0.05) is 6.07 Å². The lowest BCUT2D eigenvalue weighted by molar-refractivity contribution is 0.199. The number of aliphatic hydroxyl groups is 1. The fourth-order valence-corrected chi connectivity index (χ4v) is 1.42. The topological polar surface area (TPSA) is 20.2 Å². The first kappa shape index (κ1) is 9.23. The van der Waals surface area contributed by atoms with Gasteiger partial charge < -0.3 is 5.11 Å². The molecule has 0 fully saturated rings. The molecule has 1 nitrogen and oxygen atoms in total. The van der Waals surface area contributed by atoms with E-state index in [-0.39, 0.29) is 0 Å². The number of aliphatic hydroxyl groups excluding tert-OH is 1. The number of benzene rings is 1. The minimum atomic E-state index is -0.403. The Balaban J connectivity index is 3.05. The predicted octanol–water partition coefficient (Wildman–Crippen LogP) is 3.26. The Hall–Kier alpha value is 0.140. The fourth-order valence-electron chi connectivity index (χ4n) is 0.772. The molecule has 0 aliphatic carbocycles. The second-order valence-electron chi connectivity index (χ2n) is 2.35. The summed E-state index contributed by atoms with van der Waals surface area (Å²) in [6.45, 7) is 1.75. The lowest BCUT2D eigenvalue weighted by Crippen LogP contribution is -1.89. The molecule has 1 N–H and O–H groups in total. The largest absolute Gasteiger partial charge is 0.389 e. The summed E-state index contributed by atoms with van der Waals surface area (Å²) in [6.07, 6.45) is -0.403. The van der Waals surface area contributed by atoms with Gasteiger partial charge in [-0.05, 0) is 56.5 Å². The van der Waals surface area contributed by atoms with Gasteiger partial charge in [-0.15, -0.1) is 0 Å². The molecular formula is C8H8Br2O. The molecule has 0 amide bonds. The van der Waals surface area contributed by atoms with Crippen molar-refractivity contribution >= 4 is 31.9 Å². The zero-order chi connectivity index (χ0) is 8.43. The Bertz CT molecular complexity index is 258.